The number of amides is 1. The van der Waals surface area contributed by atoms with Gasteiger partial charge in [-0.3, -0.25) is 9.59 Å². The Balaban J connectivity index is 1.60. The van der Waals surface area contributed by atoms with Crippen LogP contribution in [0.3, 0.4) is 0 Å². The molecular formula is C16H16BrN3O2. The fraction of sp³-hybridized carbons (Fsp3) is 0.250. The van der Waals surface area contributed by atoms with Crippen molar-refractivity contribution in [3.8, 4) is 0 Å². The Morgan fingerprint density at radius 2 is 2.05 bits per heavy atom. The standard InChI is InChI=1S/C16H16BrN3O2/c17-14-3-4-16(22)20(9-14)10-15(21)19-6-11-1-2-12-7-18-8-13(12)5-11/h1-5,9,18H,6-8,10H2,(H,19,21). The molecule has 1 amide bonds. The average molecular weight is 362 g/mol. The first-order valence-corrected chi connectivity index (χ1v) is 7.85. The Morgan fingerprint density at radius 1 is 1.23 bits per heavy atom. The van der Waals surface area contributed by atoms with Gasteiger partial charge in [0, 0.05) is 36.4 Å². The SMILES string of the molecule is O=C(Cn1cc(Br)ccc1=O)NCc1ccc2c(c1)CNC2. The highest BCUT2D eigenvalue weighted by molar-refractivity contribution is 9.10. The minimum absolute atomic E-state index is 0.0186. The van der Waals surface area contributed by atoms with Crippen LogP contribution in [0.1, 0.15) is 16.7 Å². The molecule has 0 fully saturated rings. The van der Waals surface area contributed by atoms with Gasteiger partial charge in [-0.25, -0.2) is 0 Å². The average Bonchev–Trinajstić information content (AvgIpc) is 2.96. The van der Waals surface area contributed by atoms with E-state index in [2.05, 4.69) is 38.7 Å². The van der Waals surface area contributed by atoms with Crippen molar-refractivity contribution in [1.82, 2.24) is 15.2 Å². The summed E-state index contributed by atoms with van der Waals surface area (Å²) in [7, 11) is 0. The van der Waals surface area contributed by atoms with E-state index in [4.69, 9.17) is 0 Å². The topological polar surface area (TPSA) is 63.1 Å². The van der Waals surface area contributed by atoms with Gasteiger partial charge in [-0.1, -0.05) is 18.2 Å². The Bertz CT molecular complexity index is 770. The first-order valence-electron chi connectivity index (χ1n) is 7.06. The zero-order valence-electron chi connectivity index (χ0n) is 11.9. The van der Waals surface area contributed by atoms with Gasteiger partial charge in [-0.15, -0.1) is 0 Å². The van der Waals surface area contributed by atoms with Crippen LogP contribution in [-0.2, 0) is 31.0 Å². The number of pyridine rings is 1. The highest BCUT2D eigenvalue weighted by Gasteiger charge is 2.10. The molecule has 1 aliphatic rings. The number of hydrogen-bond acceptors (Lipinski definition) is 3. The summed E-state index contributed by atoms with van der Waals surface area (Å²) in [6.07, 6.45) is 1.61. The molecule has 0 unspecified atom stereocenters. The lowest BCUT2D eigenvalue weighted by atomic mass is 10.1. The molecular weight excluding hydrogens is 346 g/mol. The van der Waals surface area contributed by atoms with Gasteiger partial charge in [0.15, 0.2) is 0 Å². The number of halogens is 1. The Kier molecular flexibility index (Phi) is 4.40. The number of carbonyl (C=O) groups is 1. The fourth-order valence-corrected chi connectivity index (χ4v) is 2.87. The minimum Gasteiger partial charge on any atom is -0.350 e. The van der Waals surface area contributed by atoms with Gasteiger partial charge in [0.25, 0.3) is 5.56 Å². The number of benzene rings is 1. The van der Waals surface area contributed by atoms with Crippen LogP contribution in [0.5, 0.6) is 0 Å². The van der Waals surface area contributed by atoms with E-state index in [1.807, 2.05) is 6.07 Å². The molecule has 6 heteroatoms. The number of fused-ring (bicyclic) bond motifs is 1. The molecule has 3 rings (SSSR count). The van der Waals surface area contributed by atoms with Gasteiger partial charge in [0.2, 0.25) is 5.91 Å². The maximum absolute atomic E-state index is 12.0. The number of carbonyl (C=O) groups excluding carboxylic acids is 1. The molecule has 2 aromatic rings. The molecule has 1 aromatic heterocycles. The lowest BCUT2D eigenvalue weighted by Gasteiger charge is -2.09. The number of nitrogens with one attached hydrogen (secondary N) is 2. The predicted octanol–water partition coefficient (Wildman–Crippen LogP) is 1.53. The summed E-state index contributed by atoms with van der Waals surface area (Å²) in [6, 6.07) is 9.33. The van der Waals surface area contributed by atoms with Gasteiger partial charge >= 0.3 is 0 Å². The summed E-state index contributed by atoms with van der Waals surface area (Å²) in [5.41, 5.74) is 3.48. The van der Waals surface area contributed by atoms with E-state index in [1.165, 1.54) is 21.8 Å². The first-order chi connectivity index (χ1) is 10.6. The predicted molar refractivity (Wildman–Crippen MR) is 87.2 cm³/mol. The molecule has 114 valence electrons. The van der Waals surface area contributed by atoms with Crippen molar-refractivity contribution in [2.45, 2.75) is 26.2 Å². The Labute approximate surface area is 136 Å². The second-order valence-electron chi connectivity index (χ2n) is 5.30. The van der Waals surface area contributed by atoms with Crippen LogP contribution in [0.2, 0.25) is 0 Å². The van der Waals surface area contributed by atoms with Crippen molar-refractivity contribution in [2.75, 3.05) is 0 Å². The molecule has 0 spiro atoms. The van der Waals surface area contributed by atoms with Gasteiger partial charge in [0.05, 0.1) is 0 Å². The van der Waals surface area contributed by atoms with Gasteiger partial charge in [-0.2, -0.15) is 0 Å². The van der Waals surface area contributed by atoms with Gasteiger partial charge < -0.3 is 15.2 Å². The van der Waals surface area contributed by atoms with E-state index in [-0.39, 0.29) is 18.0 Å². The molecule has 0 bridgehead atoms. The van der Waals surface area contributed by atoms with E-state index in [9.17, 15) is 9.59 Å². The van der Waals surface area contributed by atoms with Crippen molar-refractivity contribution in [1.29, 1.82) is 0 Å². The fourth-order valence-electron chi connectivity index (χ4n) is 2.50. The number of nitrogens with zero attached hydrogens (tertiary/aromatic N) is 1. The molecule has 0 radical (unpaired) electrons. The number of rotatable bonds is 4. The highest BCUT2D eigenvalue weighted by atomic mass is 79.9. The van der Waals surface area contributed by atoms with E-state index in [0.29, 0.717) is 6.54 Å². The van der Waals surface area contributed by atoms with Crippen LogP contribution in [0.15, 0.2) is 45.8 Å². The van der Waals surface area contributed by atoms with Crippen molar-refractivity contribution >= 4 is 21.8 Å². The summed E-state index contributed by atoms with van der Waals surface area (Å²) in [5, 5.41) is 6.15. The molecule has 2 heterocycles. The van der Waals surface area contributed by atoms with Crippen molar-refractivity contribution in [2.24, 2.45) is 0 Å². The van der Waals surface area contributed by atoms with Gasteiger partial charge in [-0.05, 0) is 38.7 Å². The monoisotopic (exact) mass is 361 g/mol. The summed E-state index contributed by atoms with van der Waals surface area (Å²) in [5.74, 6) is -0.182. The zero-order chi connectivity index (χ0) is 15.5. The molecule has 1 aliphatic heterocycles. The maximum Gasteiger partial charge on any atom is 0.251 e. The largest absolute Gasteiger partial charge is 0.350 e. The number of hydrogen-bond donors (Lipinski definition) is 2. The minimum atomic E-state index is -0.193. The van der Waals surface area contributed by atoms with Crippen molar-refractivity contribution < 1.29 is 4.79 Å². The Morgan fingerprint density at radius 3 is 2.91 bits per heavy atom. The quantitative estimate of drug-likeness (QED) is 0.867. The van der Waals surface area contributed by atoms with Crippen LogP contribution >= 0.6 is 15.9 Å². The Hall–Kier alpha value is -1.92. The van der Waals surface area contributed by atoms with E-state index >= 15 is 0 Å². The summed E-state index contributed by atoms with van der Waals surface area (Å²) in [4.78, 5) is 23.6. The summed E-state index contributed by atoms with van der Waals surface area (Å²) >= 11 is 3.29. The molecule has 22 heavy (non-hydrogen) atoms. The molecule has 1 aromatic carbocycles. The molecule has 0 aliphatic carbocycles. The summed E-state index contributed by atoms with van der Waals surface area (Å²) < 4.78 is 2.15. The van der Waals surface area contributed by atoms with Crippen LogP contribution in [0.25, 0.3) is 0 Å². The van der Waals surface area contributed by atoms with Crippen molar-refractivity contribution in [3.05, 3.63) is 68.0 Å². The lowest BCUT2D eigenvalue weighted by Crippen LogP contribution is -2.31. The van der Waals surface area contributed by atoms with E-state index in [1.54, 1.807) is 12.3 Å². The van der Waals surface area contributed by atoms with Crippen LogP contribution < -0.4 is 16.2 Å². The molecule has 0 atom stereocenters. The normalized spacial score (nSPS) is 13.0. The van der Waals surface area contributed by atoms with Gasteiger partial charge in [0.1, 0.15) is 6.54 Å². The van der Waals surface area contributed by atoms with E-state index < -0.39 is 0 Å². The third kappa shape index (κ3) is 3.45. The third-order valence-corrected chi connectivity index (χ3v) is 4.12. The molecule has 5 nitrogen and oxygen atoms in total. The number of aromatic nitrogens is 1. The van der Waals surface area contributed by atoms with E-state index in [0.717, 1.165) is 23.1 Å². The summed E-state index contributed by atoms with van der Waals surface area (Å²) in [6.45, 7) is 2.28. The highest BCUT2D eigenvalue weighted by Crippen LogP contribution is 2.16. The second kappa shape index (κ2) is 6.46. The maximum atomic E-state index is 12.0. The third-order valence-electron chi connectivity index (χ3n) is 3.65. The first kappa shape index (κ1) is 15.0. The van der Waals surface area contributed by atoms with Crippen LogP contribution in [0, 0.1) is 0 Å². The van der Waals surface area contributed by atoms with Crippen LogP contribution in [-0.4, -0.2) is 10.5 Å². The molecule has 0 saturated heterocycles. The smallest absolute Gasteiger partial charge is 0.251 e. The van der Waals surface area contributed by atoms with Crippen LogP contribution in [0.4, 0.5) is 0 Å². The second-order valence-corrected chi connectivity index (χ2v) is 6.21. The molecule has 0 saturated carbocycles. The molecule has 2 N–H and O–H groups in total. The van der Waals surface area contributed by atoms with Crippen molar-refractivity contribution in [3.63, 3.8) is 0 Å². The zero-order valence-corrected chi connectivity index (χ0v) is 13.5. The lowest BCUT2D eigenvalue weighted by molar-refractivity contribution is -0.121.